The smallest absolute Gasteiger partial charge is 0.307 e. The molecular formula is C8H12O2. The molecule has 0 aliphatic carbocycles. The highest BCUT2D eigenvalue weighted by atomic mass is 16.5. The molecule has 10 heavy (non-hydrogen) atoms. The Kier molecular flexibility index (Phi) is 5.44. The first-order valence-corrected chi connectivity index (χ1v) is 3.26. The second-order valence-corrected chi connectivity index (χ2v) is 1.77. The van der Waals surface area contributed by atoms with Crippen LogP contribution in [0.5, 0.6) is 0 Å². The van der Waals surface area contributed by atoms with Crippen molar-refractivity contribution >= 4 is 5.97 Å². The van der Waals surface area contributed by atoms with E-state index in [1.807, 2.05) is 19.1 Å². The molecule has 0 rings (SSSR count). The van der Waals surface area contributed by atoms with E-state index in [1.165, 1.54) is 13.2 Å². The fourth-order valence-electron chi connectivity index (χ4n) is 0.395. The average Bonchev–Trinajstić information content (AvgIpc) is 1.87. The third-order valence-electron chi connectivity index (χ3n) is 0.795. The van der Waals surface area contributed by atoms with Gasteiger partial charge in [-0.1, -0.05) is 19.1 Å². The van der Waals surface area contributed by atoms with Crippen LogP contribution in [0.25, 0.3) is 0 Å². The lowest BCUT2D eigenvalue weighted by Gasteiger charge is -1.86. The van der Waals surface area contributed by atoms with Crippen molar-refractivity contribution < 1.29 is 9.53 Å². The highest BCUT2D eigenvalue weighted by Gasteiger charge is 1.81. The number of carbonyl (C=O) groups excluding carboxylic acids is 1. The van der Waals surface area contributed by atoms with Crippen LogP contribution in [0.3, 0.4) is 0 Å². The van der Waals surface area contributed by atoms with Crippen molar-refractivity contribution in [2.75, 3.05) is 0 Å². The number of carbonyl (C=O) groups is 1. The molecule has 0 aliphatic heterocycles. The summed E-state index contributed by atoms with van der Waals surface area (Å²) in [4.78, 5) is 10.2. The minimum absolute atomic E-state index is 0.291. The molecule has 0 saturated carbocycles. The highest BCUT2D eigenvalue weighted by Crippen LogP contribution is 1.83. The first kappa shape index (κ1) is 8.95. The van der Waals surface area contributed by atoms with Crippen molar-refractivity contribution in [2.45, 2.75) is 20.3 Å². The van der Waals surface area contributed by atoms with Gasteiger partial charge in [-0.05, 0) is 12.5 Å². The predicted octanol–water partition coefficient (Wildman–Crippen LogP) is 2.03. The Morgan fingerprint density at radius 3 is 2.70 bits per heavy atom. The summed E-state index contributed by atoms with van der Waals surface area (Å²) in [5, 5.41) is 0. The molecule has 0 aromatic rings. The number of hydrogen-bond acceptors (Lipinski definition) is 2. The fourth-order valence-corrected chi connectivity index (χ4v) is 0.395. The Bertz CT molecular complexity index is 145. The van der Waals surface area contributed by atoms with Crippen molar-refractivity contribution in [3.8, 4) is 0 Å². The van der Waals surface area contributed by atoms with Gasteiger partial charge in [0.05, 0.1) is 6.26 Å². The Morgan fingerprint density at radius 2 is 2.20 bits per heavy atom. The summed E-state index contributed by atoms with van der Waals surface area (Å²) in [5.74, 6) is -0.291. The highest BCUT2D eigenvalue weighted by molar-refractivity contribution is 5.66. The zero-order valence-corrected chi connectivity index (χ0v) is 6.33. The maximum Gasteiger partial charge on any atom is 0.307 e. The zero-order chi connectivity index (χ0) is 7.82. The van der Waals surface area contributed by atoms with Gasteiger partial charge in [0, 0.05) is 6.92 Å². The lowest BCUT2D eigenvalue weighted by molar-refractivity contribution is -0.135. The Hall–Kier alpha value is -1.05. The summed E-state index contributed by atoms with van der Waals surface area (Å²) in [7, 11) is 0. The number of esters is 1. The molecule has 0 aromatic carbocycles. The van der Waals surface area contributed by atoms with E-state index < -0.39 is 0 Å². The lowest BCUT2D eigenvalue weighted by Crippen LogP contribution is -1.88. The summed E-state index contributed by atoms with van der Waals surface area (Å²) in [6, 6.07) is 0. The van der Waals surface area contributed by atoms with Gasteiger partial charge < -0.3 is 4.74 Å². The van der Waals surface area contributed by atoms with E-state index in [0.717, 1.165) is 6.42 Å². The van der Waals surface area contributed by atoms with Crippen molar-refractivity contribution in [2.24, 2.45) is 0 Å². The third kappa shape index (κ3) is 6.95. The van der Waals surface area contributed by atoms with Gasteiger partial charge in [-0.3, -0.25) is 4.79 Å². The summed E-state index contributed by atoms with van der Waals surface area (Å²) in [6.45, 7) is 3.41. The molecule has 0 aliphatic rings. The van der Waals surface area contributed by atoms with E-state index in [2.05, 4.69) is 4.74 Å². The Labute approximate surface area is 61.2 Å². The molecule has 0 N–H and O–H groups in total. The number of hydrogen-bond donors (Lipinski definition) is 0. The van der Waals surface area contributed by atoms with E-state index in [1.54, 1.807) is 6.08 Å². The van der Waals surface area contributed by atoms with Crippen LogP contribution in [0.2, 0.25) is 0 Å². The van der Waals surface area contributed by atoms with Gasteiger partial charge in [-0.25, -0.2) is 0 Å². The van der Waals surface area contributed by atoms with Crippen LogP contribution in [-0.2, 0) is 9.53 Å². The molecule has 0 saturated heterocycles. The van der Waals surface area contributed by atoms with Crippen LogP contribution in [0.1, 0.15) is 20.3 Å². The summed E-state index contributed by atoms with van der Waals surface area (Å²) in [5.41, 5.74) is 0. The first-order valence-electron chi connectivity index (χ1n) is 3.26. The monoisotopic (exact) mass is 140 g/mol. The van der Waals surface area contributed by atoms with Gasteiger partial charge in [0.25, 0.3) is 0 Å². The van der Waals surface area contributed by atoms with Gasteiger partial charge >= 0.3 is 5.97 Å². The molecule has 0 amide bonds. The van der Waals surface area contributed by atoms with Gasteiger partial charge in [0.15, 0.2) is 0 Å². The maximum atomic E-state index is 10.2. The maximum absolute atomic E-state index is 10.2. The van der Waals surface area contributed by atoms with Crippen LogP contribution in [-0.4, -0.2) is 5.97 Å². The molecule has 0 bridgehead atoms. The Morgan fingerprint density at radius 1 is 1.50 bits per heavy atom. The van der Waals surface area contributed by atoms with Crippen molar-refractivity contribution in [3.05, 3.63) is 24.5 Å². The van der Waals surface area contributed by atoms with Gasteiger partial charge in [0.2, 0.25) is 0 Å². The molecule has 0 spiro atoms. The number of ether oxygens (including phenoxy) is 1. The molecule has 0 atom stereocenters. The van der Waals surface area contributed by atoms with E-state index in [-0.39, 0.29) is 5.97 Å². The lowest BCUT2D eigenvalue weighted by atomic mass is 10.4. The van der Waals surface area contributed by atoms with E-state index in [0.29, 0.717) is 0 Å². The van der Waals surface area contributed by atoms with Crippen LogP contribution >= 0.6 is 0 Å². The summed E-state index contributed by atoms with van der Waals surface area (Å²) >= 11 is 0. The second-order valence-electron chi connectivity index (χ2n) is 1.77. The minimum Gasteiger partial charge on any atom is -0.435 e. The predicted molar refractivity (Wildman–Crippen MR) is 40.3 cm³/mol. The molecule has 56 valence electrons. The number of rotatable bonds is 3. The minimum atomic E-state index is -0.291. The largest absolute Gasteiger partial charge is 0.435 e. The molecule has 0 fully saturated rings. The van der Waals surface area contributed by atoms with Crippen LogP contribution in [0.15, 0.2) is 24.5 Å². The fraction of sp³-hybridized carbons (Fsp3) is 0.375. The molecular weight excluding hydrogens is 128 g/mol. The van der Waals surface area contributed by atoms with Gasteiger partial charge in [-0.2, -0.15) is 0 Å². The molecule has 0 aromatic heterocycles. The standard InChI is InChI=1S/C8H12O2/c1-3-4-5-6-7-10-8(2)9/h4-7H,3H2,1-2H3. The zero-order valence-electron chi connectivity index (χ0n) is 6.33. The van der Waals surface area contributed by atoms with Crippen molar-refractivity contribution in [1.29, 1.82) is 0 Å². The van der Waals surface area contributed by atoms with Crippen molar-refractivity contribution in [1.82, 2.24) is 0 Å². The first-order chi connectivity index (χ1) is 4.77. The summed E-state index contributed by atoms with van der Waals surface area (Å²) < 4.78 is 4.52. The quantitative estimate of drug-likeness (QED) is 0.340. The van der Waals surface area contributed by atoms with Gasteiger partial charge in [0.1, 0.15) is 0 Å². The van der Waals surface area contributed by atoms with Crippen molar-refractivity contribution in [3.63, 3.8) is 0 Å². The molecule has 0 heterocycles. The van der Waals surface area contributed by atoms with Crippen LogP contribution in [0, 0.1) is 0 Å². The second kappa shape index (κ2) is 6.08. The van der Waals surface area contributed by atoms with Crippen LogP contribution < -0.4 is 0 Å². The topological polar surface area (TPSA) is 26.3 Å². The third-order valence-corrected chi connectivity index (χ3v) is 0.795. The normalized spacial score (nSPS) is 11.0. The van der Waals surface area contributed by atoms with E-state index in [9.17, 15) is 4.79 Å². The molecule has 0 unspecified atom stereocenters. The average molecular weight is 140 g/mol. The summed E-state index contributed by atoms with van der Waals surface area (Å²) in [6.07, 6.45) is 7.85. The van der Waals surface area contributed by atoms with E-state index >= 15 is 0 Å². The van der Waals surface area contributed by atoms with Crippen LogP contribution in [0.4, 0.5) is 0 Å². The molecule has 2 heteroatoms. The molecule has 2 nitrogen and oxygen atoms in total. The van der Waals surface area contributed by atoms with E-state index in [4.69, 9.17) is 0 Å². The molecule has 0 radical (unpaired) electrons. The Balaban J connectivity index is 3.37. The number of allylic oxidation sites excluding steroid dienone is 3. The van der Waals surface area contributed by atoms with Gasteiger partial charge in [-0.15, -0.1) is 0 Å². The SMILES string of the molecule is CCC=CC=COC(C)=O.